The van der Waals surface area contributed by atoms with Gasteiger partial charge in [-0.25, -0.2) is 0 Å². The minimum atomic E-state index is -0.133. The van der Waals surface area contributed by atoms with E-state index >= 15 is 0 Å². The molecule has 6 nitrogen and oxygen atoms in total. The molecule has 1 rings (SSSR count). The summed E-state index contributed by atoms with van der Waals surface area (Å²) in [5.41, 5.74) is 6.47. The van der Waals surface area contributed by atoms with Crippen molar-refractivity contribution in [2.24, 2.45) is 16.6 Å². The van der Waals surface area contributed by atoms with Crippen LogP contribution >= 0.6 is 0 Å². The van der Waals surface area contributed by atoms with Gasteiger partial charge in [-0.05, 0) is 43.5 Å². The van der Waals surface area contributed by atoms with E-state index in [0.29, 0.717) is 30.7 Å². The Balaban J connectivity index is 2.25. The number of carbonyl (C=O) groups is 1. The fraction of sp³-hybridized carbons (Fsp3) is 0.579. The summed E-state index contributed by atoms with van der Waals surface area (Å²) in [4.78, 5) is 16.2. The first-order chi connectivity index (χ1) is 11.9. The van der Waals surface area contributed by atoms with Crippen molar-refractivity contribution >= 4 is 11.9 Å². The molecule has 4 N–H and O–H groups in total. The standard InChI is InChI=1S/C19H32N4O2/c1-14(2)6-5-7-15(3)23-19(20)22-13-12-21-18(24)16-8-10-17(25-4)11-9-16/h8-11,14-15H,5-7,12-13H2,1-4H3,(H,21,24)(H3,20,22,23). The van der Waals surface area contributed by atoms with Gasteiger partial charge in [0.15, 0.2) is 5.96 Å². The lowest BCUT2D eigenvalue weighted by Crippen LogP contribution is -2.39. The van der Waals surface area contributed by atoms with Crippen LogP contribution in [-0.4, -0.2) is 38.1 Å². The summed E-state index contributed by atoms with van der Waals surface area (Å²) >= 11 is 0. The summed E-state index contributed by atoms with van der Waals surface area (Å²) in [6, 6.07) is 7.28. The van der Waals surface area contributed by atoms with E-state index < -0.39 is 0 Å². The van der Waals surface area contributed by atoms with Gasteiger partial charge >= 0.3 is 0 Å². The van der Waals surface area contributed by atoms with Crippen LogP contribution in [0.2, 0.25) is 0 Å². The fourth-order valence-corrected chi connectivity index (χ4v) is 2.39. The highest BCUT2D eigenvalue weighted by molar-refractivity contribution is 5.94. The van der Waals surface area contributed by atoms with Crippen LogP contribution in [0.25, 0.3) is 0 Å². The monoisotopic (exact) mass is 348 g/mol. The lowest BCUT2D eigenvalue weighted by atomic mass is 10.0. The van der Waals surface area contributed by atoms with Crippen molar-refractivity contribution in [2.45, 2.75) is 46.1 Å². The largest absolute Gasteiger partial charge is 0.497 e. The predicted molar refractivity (Wildman–Crippen MR) is 103 cm³/mol. The maximum absolute atomic E-state index is 12.0. The van der Waals surface area contributed by atoms with Crippen molar-refractivity contribution in [3.63, 3.8) is 0 Å². The summed E-state index contributed by atoms with van der Waals surface area (Å²) in [5.74, 6) is 1.75. The first-order valence-electron chi connectivity index (χ1n) is 8.91. The zero-order chi connectivity index (χ0) is 18.7. The smallest absolute Gasteiger partial charge is 0.251 e. The predicted octanol–water partition coefficient (Wildman–Crippen LogP) is 2.54. The first-order valence-corrected chi connectivity index (χ1v) is 8.91. The molecule has 0 spiro atoms. The molecule has 0 saturated carbocycles. The molecule has 0 bridgehead atoms. The molecular weight excluding hydrogens is 316 g/mol. The number of benzene rings is 1. The third kappa shape index (κ3) is 8.98. The molecule has 1 amide bonds. The number of aliphatic imine (C=N–C) groups is 1. The van der Waals surface area contributed by atoms with Crippen molar-refractivity contribution < 1.29 is 9.53 Å². The normalized spacial score (nSPS) is 12.8. The second-order valence-corrected chi connectivity index (χ2v) is 6.62. The molecule has 1 unspecified atom stereocenters. The molecule has 1 atom stereocenters. The quantitative estimate of drug-likeness (QED) is 0.344. The molecule has 0 aromatic heterocycles. The Hall–Kier alpha value is -2.24. The van der Waals surface area contributed by atoms with E-state index in [1.807, 2.05) is 0 Å². The third-order valence-electron chi connectivity index (χ3n) is 3.84. The van der Waals surface area contributed by atoms with Crippen LogP contribution in [0.4, 0.5) is 0 Å². The van der Waals surface area contributed by atoms with Gasteiger partial charge in [0.05, 0.1) is 13.7 Å². The first kappa shape index (κ1) is 20.8. The highest BCUT2D eigenvalue weighted by Gasteiger charge is 2.05. The highest BCUT2D eigenvalue weighted by atomic mass is 16.5. The third-order valence-corrected chi connectivity index (χ3v) is 3.84. The SMILES string of the molecule is COc1ccc(C(=O)NCCN=C(N)NC(C)CCCC(C)C)cc1. The average molecular weight is 348 g/mol. The van der Waals surface area contributed by atoms with E-state index in [9.17, 15) is 4.79 Å². The molecule has 25 heavy (non-hydrogen) atoms. The lowest BCUT2D eigenvalue weighted by molar-refractivity contribution is 0.0955. The summed E-state index contributed by atoms with van der Waals surface area (Å²) in [6.07, 6.45) is 3.47. The minimum absolute atomic E-state index is 0.133. The lowest BCUT2D eigenvalue weighted by Gasteiger charge is -2.15. The molecule has 1 aromatic carbocycles. The number of amides is 1. The van der Waals surface area contributed by atoms with Crippen LogP contribution in [0.1, 0.15) is 50.4 Å². The Morgan fingerprint density at radius 3 is 2.48 bits per heavy atom. The summed E-state index contributed by atoms with van der Waals surface area (Å²) in [5, 5.41) is 6.01. The number of rotatable bonds is 10. The van der Waals surface area contributed by atoms with Crippen molar-refractivity contribution in [2.75, 3.05) is 20.2 Å². The van der Waals surface area contributed by atoms with E-state index in [4.69, 9.17) is 10.5 Å². The maximum atomic E-state index is 12.0. The summed E-state index contributed by atoms with van der Waals surface area (Å²) < 4.78 is 5.07. The molecule has 0 aliphatic heterocycles. The number of guanidine groups is 1. The number of carbonyl (C=O) groups excluding carboxylic acids is 1. The molecule has 140 valence electrons. The number of methoxy groups -OCH3 is 1. The number of hydrogen-bond donors (Lipinski definition) is 3. The van der Waals surface area contributed by atoms with Gasteiger partial charge in [-0.15, -0.1) is 0 Å². The molecule has 1 aromatic rings. The highest BCUT2D eigenvalue weighted by Crippen LogP contribution is 2.11. The van der Waals surface area contributed by atoms with Crippen molar-refractivity contribution in [1.29, 1.82) is 0 Å². The van der Waals surface area contributed by atoms with E-state index in [-0.39, 0.29) is 5.91 Å². The van der Waals surface area contributed by atoms with Crippen molar-refractivity contribution in [1.82, 2.24) is 10.6 Å². The van der Waals surface area contributed by atoms with Gasteiger partial charge in [0.2, 0.25) is 0 Å². The van der Waals surface area contributed by atoms with Crippen molar-refractivity contribution in [3.05, 3.63) is 29.8 Å². The van der Waals surface area contributed by atoms with Crippen LogP contribution in [0, 0.1) is 5.92 Å². The number of nitrogens with one attached hydrogen (secondary N) is 2. The second kappa shape index (κ2) is 11.3. The second-order valence-electron chi connectivity index (χ2n) is 6.62. The number of nitrogens with two attached hydrogens (primary N) is 1. The van der Waals surface area contributed by atoms with E-state index in [2.05, 4.69) is 36.4 Å². The van der Waals surface area contributed by atoms with Gasteiger partial charge in [0.25, 0.3) is 5.91 Å². The molecule has 0 radical (unpaired) electrons. The Labute approximate surface area is 151 Å². The van der Waals surface area contributed by atoms with Crippen LogP contribution < -0.4 is 21.1 Å². The molecule has 6 heteroatoms. The maximum Gasteiger partial charge on any atom is 0.251 e. The summed E-state index contributed by atoms with van der Waals surface area (Å²) in [6.45, 7) is 7.45. The molecule has 0 aliphatic rings. The average Bonchev–Trinajstić information content (AvgIpc) is 2.58. The van der Waals surface area contributed by atoms with E-state index in [0.717, 1.165) is 18.1 Å². The van der Waals surface area contributed by atoms with Gasteiger partial charge in [-0.2, -0.15) is 0 Å². The van der Waals surface area contributed by atoms with Crippen LogP contribution in [0.15, 0.2) is 29.3 Å². The molecule has 0 fully saturated rings. The zero-order valence-corrected chi connectivity index (χ0v) is 15.8. The molecule has 0 saturated heterocycles. The number of ether oxygens (including phenoxy) is 1. The Bertz CT molecular complexity index is 541. The Kier molecular flexibility index (Phi) is 9.43. The topological polar surface area (TPSA) is 88.7 Å². The van der Waals surface area contributed by atoms with Gasteiger partial charge < -0.3 is 21.1 Å². The van der Waals surface area contributed by atoms with E-state index in [1.54, 1.807) is 31.4 Å². The van der Waals surface area contributed by atoms with Gasteiger partial charge in [-0.3, -0.25) is 9.79 Å². The van der Waals surface area contributed by atoms with Crippen LogP contribution in [-0.2, 0) is 0 Å². The molecule has 0 heterocycles. The summed E-state index contributed by atoms with van der Waals surface area (Å²) in [7, 11) is 1.59. The van der Waals surface area contributed by atoms with Gasteiger partial charge in [0.1, 0.15) is 5.75 Å². The van der Waals surface area contributed by atoms with Gasteiger partial charge in [0, 0.05) is 18.2 Å². The minimum Gasteiger partial charge on any atom is -0.497 e. The van der Waals surface area contributed by atoms with E-state index in [1.165, 1.54) is 12.8 Å². The molecule has 0 aliphatic carbocycles. The molecular formula is C19H32N4O2. The zero-order valence-electron chi connectivity index (χ0n) is 15.8. The Morgan fingerprint density at radius 1 is 1.20 bits per heavy atom. The van der Waals surface area contributed by atoms with Crippen molar-refractivity contribution in [3.8, 4) is 5.75 Å². The van der Waals surface area contributed by atoms with Gasteiger partial charge in [-0.1, -0.05) is 26.7 Å². The fourth-order valence-electron chi connectivity index (χ4n) is 2.39. The van der Waals surface area contributed by atoms with Crippen LogP contribution in [0.3, 0.4) is 0 Å². The number of nitrogens with zero attached hydrogens (tertiary/aromatic N) is 1. The number of hydrogen-bond acceptors (Lipinski definition) is 3. The Morgan fingerprint density at radius 2 is 1.88 bits per heavy atom. The van der Waals surface area contributed by atoms with Crippen LogP contribution in [0.5, 0.6) is 5.75 Å².